The Balaban J connectivity index is 3.03. The predicted octanol–water partition coefficient (Wildman–Crippen LogP) is 0.852. The number of nitrogens with two attached hydrogens (primary N) is 1. The van der Waals surface area contributed by atoms with E-state index in [1.807, 2.05) is 0 Å². The van der Waals surface area contributed by atoms with Crippen molar-refractivity contribution in [3.8, 4) is 0 Å². The Hall–Kier alpha value is -1.04. The van der Waals surface area contributed by atoms with Crippen LogP contribution in [-0.4, -0.2) is 36.5 Å². The van der Waals surface area contributed by atoms with Gasteiger partial charge in [-0.05, 0) is 6.07 Å². The van der Waals surface area contributed by atoms with Crippen LogP contribution in [0.1, 0.15) is 0 Å². The van der Waals surface area contributed by atoms with Crippen LogP contribution in [0.25, 0.3) is 0 Å². The molecule has 0 aliphatic heterocycles. The second-order valence-corrected chi connectivity index (χ2v) is 3.67. The van der Waals surface area contributed by atoms with Gasteiger partial charge in [-0.15, -0.1) is 0 Å². The molecule has 0 bridgehead atoms. The number of benzene rings is 1. The summed E-state index contributed by atoms with van der Waals surface area (Å²) in [7, 11) is 0. The Morgan fingerprint density at radius 3 is 2.31 bits per heavy atom. The minimum Gasteiger partial charge on any atom is -0.397 e. The molecule has 4 N–H and O–H groups in total. The molecule has 0 saturated heterocycles. The monoisotopic (exact) mass is 248 g/mol. The van der Waals surface area contributed by atoms with Gasteiger partial charge >= 0.3 is 0 Å². The van der Waals surface area contributed by atoms with Crippen LogP contribution in [0.5, 0.6) is 0 Å². The van der Waals surface area contributed by atoms with Gasteiger partial charge in [0.2, 0.25) is 0 Å². The summed E-state index contributed by atoms with van der Waals surface area (Å²) in [6.45, 7) is 0.419. The average Bonchev–Trinajstić information content (AvgIpc) is 2.23. The number of nitrogens with zero attached hydrogens (tertiary/aromatic N) is 1. The molecule has 16 heavy (non-hydrogen) atoms. The fourth-order valence-electron chi connectivity index (χ4n) is 1.42. The maximum Gasteiger partial charge on any atom is 0.143 e. The molecule has 0 heterocycles. The smallest absolute Gasteiger partial charge is 0.143 e. The minimum atomic E-state index is -0.587. The SMILES string of the molecule is Nc1cc(F)c(Cl)cc1N(CCO)CCO. The van der Waals surface area contributed by atoms with Gasteiger partial charge in [-0.3, -0.25) is 0 Å². The molecule has 0 radical (unpaired) electrons. The number of hydrogen-bond donors (Lipinski definition) is 3. The molecule has 0 atom stereocenters. The first-order chi connectivity index (χ1) is 7.60. The van der Waals surface area contributed by atoms with Crippen LogP contribution in [0.3, 0.4) is 0 Å². The summed E-state index contributed by atoms with van der Waals surface area (Å²) in [6, 6.07) is 2.51. The van der Waals surface area contributed by atoms with Gasteiger partial charge in [-0.1, -0.05) is 11.6 Å². The molecule has 90 valence electrons. The van der Waals surface area contributed by atoms with Crippen molar-refractivity contribution in [2.45, 2.75) is 0 Å². The molecule has 0 amide bonds. The molecule has 0 saturated carbocycles. The zero-order valence-corrected chi connectivity index (χ0v) is 9.41. The van der Waals surface area contributed by atoms with E-state index in [-0.39, 0.29) is 23.9 Å². The summed E-state index contributed by atoms with van der Waals surface area (Å²) >= 11 is 5.65. The number of aliphatic hydroxyl groups excluding tert-OH is 2. The Labute approximate surface area is 98.0 Å². The zero-order chi connectivity index (χ0) is 12.1. The second kappa shape index (κ2) is 5.89. The quantitative estimate of drug-likeness (QED) is 0.676. The van der Waals surface area contributed by atoms with Crippen LogP contribution >= 0.6 is 11.6 Å². The second-order valence-electron chi connectivity index (χ2n) is 3.26. The van der Waals surface area contributed by atoms with E-state index >= 15 is 0 Å². The average molecular weight is 249 g/mol. The van der Waals surface area contributed by atoms with Gasteiger partial charge in [-0.2, -0.15) is 0 Å². The number of halogens is 2. The molecular formula is C10H14ClFN2O2. The van der Waals surface area contributed by atoms with Crippen molar-refractivity contribution in [1.82, 2.24) is 0 Å². The van der Waals surface area contributed by atoms with Crippen molar-refractivity contribution in [1.29, 1.82) is 0 Å². The highest BCUT2D eigenvalue weighted by molar-refractivity contribution is 6.31. The number of anilines is 2. The summed E-state index contributed by atoms with van der Waals surface area (Å²) in [5.74, 6) is -0.587. The Kier molecular flexibility index (Phi) is 4.79. The third-order valence-corrected chi connectivity index (χ3v) is 2.44. The van der Waals surface area contributed by atoms with Crippen molar-refractivity contribution in [3.05, 3.63) is 23.0 Å². The summed E-state index contributed by atoms with van der Waals surface area (Å²) < 4.78 is 13.1. The van der Waals surface area contributed by atoms with Crippen LogP contribution in [0, 0.1) is 5.82 Å². The van der Waals surface area contributed by atoms with Crippen molar-refractivity contribution < 1.29 is 14.6 Å². The molecule has 1 rings (SSSR count). The number of nitrogen functional groups attached to an aromatic ring is 1. The van der Waals surface area contributed by atoms with Gasteiger partial charge in [0.1, 0.15) is 5.82 Å². The van der Waals surface area contributed by atoms with Crippen molar-refractivity contribution in [2.75, 3.05) is 36.9 Å². The maximum atomic E-state index is 13.1. The van der Waals surface area contributed by atoms with E-state index in [4.69, 9.17) is 27.5 Å². The summed E-state index contributed by atoms with van der Waals surface area (Å²) in [4.78, 5) is 1.64. The van der Waals surface area contributed by atoms with Crippen LogP contribution < -0.4 is 10.6 Å². The van der Waals surface area contributed by atoms with Crippen molar-refractivity contribution in [2.24, 2.45) is 0 Å². The van der Waals surface area contributed by atoms with E-state index < -0.39 is 5.82 Å². The highest BCUT2D eigenvalue weighted by atomic mass is 35.5. The Bertz CT molecular complexity index is 357. The summed E-state index contributed by atoms with van der Waals surface area (Å²) in [5.41, 5.74) is 6.38. The normalized spacial score (nSPS) is 10.5. The Morgan fingerprint density at radius 2 is 1.81 bits per heavy atom. The summed E-state index contributed by atoms with van der Waals surface area (Å²) in [6.07, 6.45) is 0. The van der Waals surface area contributed by atoms with E-state index in [2.05, 4.69) is 0 Å². The first kappa shape index (κ1) is 13.0. The van der Waals surface area contributed by atoms with Crippen LogP contribution in [0.4, 0.5) is 15.8 Å². The maximum absolute atomic E-state index is 13.1. The molecule has 4 nitrogen and oxygen atoms in total. The van der Waals surface area contributed by atoms with Crippen LogP contribution in [0.15, 0.2) is 12.1 Å². The third kappa shape index (κ3) is 2.98. The largest absolute Gasteiger partial charge is 0.397 e. The predicted molar refractivity (Wildman–Crippen MR) is 62.2 cm³/mol. The fourth-order valence-corrected chi connectivity index (χ4v) is 1.58. The fraction of sp³-hybridized carbons (Fsp3) is 0.400. The lowest BCUT2D eigenvalue weighted by Crippen LogP contribution is -2.30. The molecule has 0 unspecified atom stereocenters. The van der Waals surface area contributed by atoms with Gasteiger partial charge in [0, 0.05) is 19.2 Å². The van der Waals surface area contributed by atoms with Gasteiger partial charge < -0.3 is 20.8 Å². The molecule has 0 spiro atoms. The van der Waals surface area contributed by atoms with Crippen LogP contribution in [0.2, 0.25) is 5.02 Å². The van der Waals surface area contributed by atoms with E-state index in [9.17, 15) is 4.39 Å². The topological polar surface area (TPSA) is 69.7 Å². The number of aliphatic hydroxyl groups is 2. The molecule has 1 aromatic carbocycles. The first-order valence-corrected chi connectivity index (χ1v) is 5.19. The molecule has 0 fully saturated rings. The van der Waals surface area contributed by atoms with Gasteiger partial charge in [0.15, 0.2) is 0 Å². The van der Waals surface area contributed by atoms with Gasteiger partial charge in [-0.25, -0.2) is 4.39 Å². The lowest BCUT2D eigenvalue weighted by atomic mass is 10.2. The molecule has 0 aliphatic rings. The highest BCUT2D eigenvalue weighted by Crippen LogP contribution is 2.29. The van der Waals surface area contributed by atoms with E-state index in [0.717, 1.165) is 6.07 Å². The van der Waals surface area contributed by atoms with Gasteiger partial charge in [0.25, 0.3) is 0 Å². The molecule has 1 aromatic rings. The molecule has 0 aromatic heterocycles. The zero-order valence-electron chi connectivity index (χ0n) is 8.66. The Morgan fingerprint density at radius 1 is 1.25 bits per heavy atom. The number of hydrogen-bond acceptors (Lipinski definition) is 4. The van der Waals surface area contributed by atoms with Crippen molar-refractivity contribution in [3.63, 3.8) is 0 Å². The van der Waals surface area contributed by atoms with Gasteiger partial charge in [0.05, 0.1) is 29.6 Å². The van der Waals surface area contributed by atoms with E-state index in [1.165, 1.54) is 6.07 Å². The van der Waals surface area contributed by atoms with E-state index in [1.54, 1.807) is 4.90 Å². The first-order valence-electron chi connectivity index (χ1n) is 4.81. The minimum absolute atomic E-state index is 0.0370. The standard InChI is InChI=1S/C10H14ClFN2O2/c11-7-5-10(9(13)6-8(7)12)14(1-3-15)2-4-16/h5-6,15-16H,1-4,13H2. The molecule has 0 aliphatic carbocycles. The molecular weight excluding hydrogens is 235 g/mol. The number of rotatable bonds is 5. The van der Waals surface area contributed by atoms with Crippen LogP contribution in [-0.2, 0) is 0 Å². The highest BCUT2D eigenvalue weighted by Gasteiger charge is 2.12. The van der Waals surface area contributed by atoms with E-state index in [0.29, 0.717) is 18.8 Å². The lowest BCUT2D eigenvalue weighted by molar-refractivity contribution is 0.281. The molecule has 6 heteroatoms. The lowest BCUT2D eigenvalue weighted by Gasteiger charge is -2.24. The summed E-state index contributed by atoms with van der Waals surface area (Å²) in [5, 5.41) is 17.7. The van der Waals surface area contributed by atoms with Crippen molar-refractivity contribution >= 4 is 23.0 Å². The third-order valence-electron chi connectivity index (χ3n) is 2.15.